The molecule has 0 saturated carbocycles. The zero-order valence-corrected chi connectivity index (χ0v) is 13.6. The van der Waals surface area contributed by atoms with Gasteiger partial charge in [-0.1, -0.05) is 15.9 Å². The van der Waals surface area contributed by atoms with E-state index in [1.165, 1.54) is 6.07 Å². The Labute approximate surface area is 138 Å². The number of piperazine rings is 1. The molecule has 1 atom stereocenters. The highest BCUT2D eigenvalue weighted by molar-refractivity contribution is 9.10. The van der Waals surface area contributed by atoms with Gasteiger partial charge in [0.15, 0.2) is 0 Å². The van der Waals surface area contributed by atoms with Crippen LogP contribution in [0.25, 0.3) is 0 Å². The van der Waals surface area contributed by atoms with Crippen LogP contribution in [0.5, 0.6) is 5.75 Å². The molecule has 1 fully saturated rings. The minimum atomic E-state index is -4.83. The number of nitrogens with one attached hydrogen (secondary N) is 1. The Morgan fingerprint density at radius 2 is 1.83 bits per heavy atom. The van der Waals surface area contributed by atoms with Crippen LogP contribution in [0.3, 0.4) is 0 Å². The summed E-state index contributed by atoms with van der Waals surface area (Å²) in [6.07, 6.45) is -7.83. The van der Waals surface area contributed by atoms with E-state index in [1.807, 2.05) is 4.90 Å². The first-order valence-corrected chi connectivity index (χ1v) is 7.83. The third-order valence-electron chi connectivity index (χ3n) is 3.51. The van der Waals surface area contributed by atoms with Gasteiger partial charge in [0.2, 0.25) is 6.43 Å². The third kappa shape index (κ3) is 5.89. The monoisotopic (exact) mass is 402 g/mol. The molecule has 1 aromatic rings. The fraction of sp³-hybridized carbons (Fsp3) is 0.571. The topological polar surface area (TPSA) is 24.5 Å². The number of alkyl halides is 5. The standard InChI is InChI=1S/C14H16BrF5N2O/c15-10-5-9(6-11(7-10)23-14(18,19)20)12(8-13(16)17)22-3-1-21-2-4-22/h5-7,12-13,21H,1-4,8H2/t12-/m0/s1. The van der Waals surface area contributed by atoms with Crippen molar-refractivity contribution in [3.8, 4) is 5.75 Å². The molecule has 0 bridgehead atoms. The van der Waals surface area contributed by atoms with Crippen molar-refractivity contribution in [3.63, 3.8) is 0 Å². The third-order valence-corrected chi connectivity index (χ3v) is 3.96. The molecule has 9 heteroatoms. The molecule has 3 nitrogen and oxygen atoms in total. The van der Waals surface area contributed by atoms with Crippen molar-refractivity contribution in [2.45, 2.75) is 25.3 Å². The minimum Gasteiger partial charge on any atom is -0.406 e. The zero-order chi connectivity index (χ0) is 17.0. The van der Waals surface area contributed by atoms with Gasteiger partial charge in [-0.3, -0.25) is 4.90 Å². The summed E-state index contributed by atoms with van der Waals surface area (Å²) in [6, 6.07) is 3.23. The van der Waals surface area contributed by atoms with E-state index < -0.39 is 31.0 Å². The van der Waals surface area contributed by atoms with Crippen molar-refractivity contribution < 1.29 is 26.7 Å². The summed E-state index contributed by atoms with van der Waals surface area (Å²) in [4.78, 5) is 1.85. The van der Waals surface area contributed by atoms with Gasteiger partial charge in [-0.25, -0.2) is 8.78 Å². The van der Waals surface area contributed by atoms with E-state index in [1.54, 1.807) is 6.07 Å². The Balaban J connectivity index is 2.29. The molecule has 2 rings (SSSR count). The van der Waals surface area contributed by atoms with E-state index in [2.05, 4.69) is 26.0 Å². The Kier molecular flexibility index (Phi) is 6.21. The van der Waals surface area contributed by atoms with E-state index in [9.17, 15) is 22.0 Å². The van der Waals surface area contributed by atoms with E-state index >= 15 is 0 Å². The van der Waals surface area contributed by atoms with Crippen molar-refractivity contribution in [1.82, 2.24) is 10.2 Å². The maximum absolute atomic E-state index is 12.9. The Hall–Kier alpha value is -0.930. The van der Waals surface area contributed by atoms with E-state index in [0.29, 0.717) is 36.2 Å². The molecule has 0 spiro atoms. The van der Waals surface area contributed by atoms with Crippen molar-refractivity contribution >= 4 is 15.9 Å². The maximum Gasteiger partial charge on any atom is 0.573 e. The number of hydrogen-bond acceptors (Lipinski definition) is 3. The highest BCUT2D eigenvalue weighted by Crippen LogP contribution is 2.34. The highest BCUT2D eigenvalue weighted by atomic mass is 79.9. The van der Waals surface area contributed by atoms with Gasteiger partial charge in [0.25, 0.3) is 0 Å². The van der Waals surface area contributed by atoms with Gasteiger partial charge in [-0.2, -0.15) is 0 Å². The Morgan fingerprint density at radius 3 is 2.39 bits per heavy atom. The van der Waals surface area contributed by atoms with Gasteiger partial charge in [-0.15, -0.1) is 13.2 Å². The number of ether oxygens (including phenoxy) is 1. The molecule has 1 aliphatic rings. The lowest BCUT2D eigenvalue weighted by molar-refractivity contribution is -0.274. The van der Waals surface area contributed by atoms with Crippen LogP contribution in [0.1, 0.15) is 18.0 Å². The average Bonchev–Trinajstić information content (AvgIpc) is 2.43. The molecule has 23 heavy (non-hydrogen) atoms. The van der Waals surface area contributed by atoms with Crippen molar-refractivity contribution in [2.75, 3.05) is 26.2 Å². The number of benzene rings is 1. The van der Waals surface area contributed by atoms with Crippen molar-refractivity contribution in [1.29, 1.82) is 0 Å². The predicted molar refractivity (Wildman–Crippen MR) is 78.6 cm³/mol. The first-order chi connectivity index (χ1) is 10.7. The Bertz CT molecular complexity index is 520. The largest absolute Gasteiger partial charge is 0.573 e. The zero-order valence-electron chi connectivity index (χ0n) is 12.0. The number of halogens is 6. The molecular formula is C14H16BrF5N2O. The van der Waals surface area contributed by atoms with Crippen LogP contribution >= 0.6 is 15.9 Å². The molecule has 0 amide bonds. The van der Waals surface area contributed by atoms with Gasteiger partial charge < -0.3 is 10.1 Å². The Morgan fingerprint density at radius 1 is 1.17 bits per heavy atom. The number of hydrogen-bond donors (Lipinski definition) is 1. The summed E-state index contributed by atoms with van der Waals surface area (Å²) in [5.74, 6) is -0.420. The predicted octanol–water partition coefficient (Wildman–Crippen LogP) is 3.95. The van der Waals surface area contributed by atoms with E-state index in [-0.39, 0.29) is 0 Å². The van der Waals surface area contributed by atoms with Gasteiger partial charge in [-0.05, 0) is 23.8 Å². The summed E-state index contributed by atoms with van der Waals surface area (Å²) in [6.45, 7) is 2.41. The molecule has 1 saturated heterocycles. The number of rotatable bonds is 5. The molecule has 0 radical (unpaired) electrons. The van der Waals surface area contributed by atoms with Crippen molar-refractivity contribution in [3.05, 3.63) is 28.2 Å². The first kappa shape index (κ1) is 18.4. The lowest BCUT2D eigenvalue weighted by Crippen LogP contribution is -2.45. The van der Waals surface area contributed by atoms with Gasteiger partial charge >= 0.3 is 6.36 Å². The summed E-state index contributed by atoms with van der Waals surface area (Å²) in [5.41, 5.74) is 0.376. The second-order valence-corrected chi connectivity index (χ2v) is 6.11. The first-order valence-electron chi connectivity index (χ1n) is 7.04. The van der Waals surface area contributed by atoms with Crippen LogP contribution in [0, 0.1) is 0 Å². The SMILES string of the molecule is FC(F)C[C@@H](c1cc(Br)cc(OC(F)(F)F)c1)N1CCNCC1. The van der Waals surface area contributed by atoms with Crippen molar-refractivity contribution in [2.24, 2.45) is 0 Å². The smallest absolute Gasteiger partial charge is 0.406 e. The second-order valence-electron chi connectivity index (χ2n) is 5.20. The van der Waals surface area contributed by atoms with E-state index in [0.717, 1.165) is 6.07 Å². The molecule has 0 aromatic heterocycles. The number of nitrogens with zero attached hydrogens (tertiary/aromatic N) is 1. The fourth-order valence-electron chi connectivity index (χ4n) is 2.63. The lowest BCUT2D eigenvalue weighted by atomic mass is 10.0. The van der Waals surface area contributed by atoms with Gasteiger partial charge in [0.05, 0.1) is 0 Å². The quantitative estimate of drug-likeness (QED) is 0.754. The normalized spacial score (nSPS) is 18.2. The van der Waals surface area contributed by atoms with Gasteiger partial charge in [0.1, 0.15) is 5.75 Å². The maximum atomic E-state index is 12.9. The van der Waals surface area contributed by atoms with Gasteiger partial charge in [0, 0.05) is 43.1 Å². The summed E-state index contributed by atoms with van der Waals surface area (Å²) in [7, 11) is 0. The molecular weight excluding hydrogens is 387 g/mol. The molecule has 1 aromatic carbocycles. The van der Waals surface area contributed by atoms with Crippen LogP contribution in [-0.2, 0) is 0 Å². The molecule has 0 aliphatic carbocycles. The molecule has 1 N–H and O–H groups in total. The molecule has 1 heterocycles. The highest BCUT2D eigenvalue weighted by Gasteiger charge is 2.32. The molecule has 1 aliphatic heterocycles. The lowest BCUT2D eigenvalue weighted by Gasteiger charge is -2.35. The fourth-order valence-corrected chi connectivity index (χ4v) is 3.12. The molecule has 0 unspecified atom stereocenters. The summed E-state index contributed by atoms with van der Waals surface area (Å²) in [5, 5.41) is 3.12. The van der Waals surface area contributed by atoms with Crippen LogP contribution in [0.4, 0.5) is 22.0 Å². The minimum absolute atomic E-state index is 0.351. The van der Waals surface area contributed by atoms with Crippen LogP contribution in [0.2, 0.25) is 0 Å². The second kappa shape index (κ2) is 7.76. The van der Waals surface area contributed by atoms with E-state index in [4.69, 9.17) is 0 Å². The summed E-state index contributed by atoms with van der Waals surface area (Å²) >= 11 is 3.11. The van der Waals surface area contributed by atoms with Crippen LogP contribution < -0.4 is 10.1 Å². The average molecular weight is 403 g/mol. The summed E-state index contributed by atoms with van der Waals surface area (Å²) < 4.78 is 67.3. The van der Waals surface area contributed by atoms with Crippen LogP contribution in [-0.4, -0.2) is 43.9 Å². The molecule has 130 valence electrons. The van der Waals surface area contributed by atoms with Crippen LogP contribution in [0.15, 0.2) is 22.7 Å².